The summed E-state index contributed by atoms with van der Waals surface area (Å²) in [5, 5.41) is 11.4. The summed E-state index contributed by atoms with van der Waals surface area (Å²) in [7, 11) is 4.63. The van der Waals surface area contributed by atoms with Crippen molar-refractivity contribution in [2.75, 3.05) is 60.7 Å². The molecule has 1 amide bonds. The number of amides is 1. The molecule has 9 nitrogen and oxygen atoms in total. The molecule has 1 atom stereocenters. The van der Waals surface area contributed by atoms with Gasteiger partial charge in [0, 0.05) is 31.7 Å². The summed E-state index contributed by atoms with van der Waals surface area (Å²) in [6, 6.07) is 9.65. The van der Waals surface area contributed by atoms with Crippen LogP contribution in [0.4, 0.5) is 0 Å². The lowest BCUT2D eigenvalue weighted by molar-refractivity contribution is -0.140. The Morgan fingerprint density at radius 2 is 1.69 bits per heavy atom. The molecule has 2 aliphatic rings. The molecule has 2 saturated heterocycles. The van der Waals surface area contributed by atoms with Gasteiger partial charge in [0.15, 0.2) is 11.5 Å². The second kappa shape index (κ2) is 11.0. The fourth-order valence-corrected chi connectivity index (χ4v) is 4.73. The maximum absolute atomic E-state index is 13.4. The monoisotopic (exact) mass is 496 g/mol. The molecule has 2 heterocycles. The highest BCUT2D eigenvalue weighted by atomic mass is 16.5. The van der Waals surface area contributed by atoms with Crippen LogP contribution in [0.5, 0.6) is 17.2 Å². The fourth-order valence-electron chi connectivity index (χ4n) is 4.73. The van der Waals surface area contributed by atoms with E-state index in [2.05, 4.69) is 4.90 Å². The lowest BCUT2D eigenvalue weighted by atomic mass is 9.93. The van der Waals surface area contributed by atoms with Crippen molar-refractivity contribution >= 4 is 17.4 Å². The quantitative estimate of drug-likeness (QED) is 0.339. The summed E-state index contributed by atoms with van der Waals surface area (Å²) in [5.74, 6) is 0.0424. The topological polar surface area (TPSA) is 97.8 Å². The Labute approximate surface area is 210 Å². The highest BCUT2D eigenvalue weighted by Crippen LogP contribution is 2.42. The Balaban J connectivity index is 1.80. The molecule has 0 spiro atoms. The molecule has 0 aromatic heterocycles. The van der Waals surface area contributed by atoms with E-state index in [1.54, 1.807) is 50.6 Å². The van der Waals surface area contributed by atoms with E-state index in [-0.39, 0.29) is 11.3 Å². The van der Waals surface area contributed by atoms with Gasteiger partial charge in [-0.3, -0.25) is 14.5 Å². The molecule has 9 heteroatoms. The van der Waals surface area contributed by atoms with Crippen molar-refractivity contribution < 1.29 is 33.6 Å². The fraction of sp³-hybridized carbons (Fsp3) is 0.407. The highest BCUT2D eigenvalue weighted by Gasteiger charge is 2.46. The van der Waals surface area contributed by atoms with Crippen LogP contribution in [0.3, 0.4) is 0 Å². The molecule has 2 aromatic carbocycles. The first-order valence-corrected chi connectivity index (χ1v) is 11.8. The van der Waals surface area contributed by atoms with Crippen LogP contribution in [0.15, 0.2) is 42.0 Å². The summed E-state index contributed by atoms with van der Waals surface area (Å²) < 4.78 is 21.5. The molecule has 0 aliphatic carbocycles. The largest absolute Gasteiger partial charge is 0.507 e. The van der Waals surface area contributed by atoms with Gasteiger partial charge in [0.1, 0.15) is 11.5 Å². The summed E-state index contributed by atoms with van der Waals surface area (Å²) in [4.78, 5) is 30.4. The molecule has 192 valence electrons. The third kappa shape index (κ3) is 4.89. The van der Waals surface area contributed by atoms with Crippen LogP contribution in [-0.4, -0.2) is 87.3 Å². The summed E-state index contributed by atoms with van der Waals surface area (Å²) in [5.41, 5.74) is 1.87. The average Bonchev–Trinajstić information content (AvgIpc) is 3.16. The van der Waals surface area contributed by atoms with Crippen LogP contribution >= 0.6 is 0 Å². The SMILES string of the molecule is COc1ccc(/C(O)=C2/C(=O)C(=O)N(CCN3CCOCC3)C2c2ccc(OC)c(OC)c2)c(C)c1. The zero-order valence-corrected chi connectivity index (χ0v) is 21.1. The first kappa shape index (κ1) is 25.5. The molecule has 4 rings (SSSR count). The Bertz CT molecular complexity index is 1170. The van der Waals surface area contributed by atoms with Gasteiger partial charge >= 0.3 is 0 Å². The van der Waals surface area contributed by atoms with Crippen LogP contribution in [0.25, 0.3) is 5.76 Å². The van der Waals surface area contributed by atoms with Crippen molar-refractivity contribution in [2.24, 2.45) is 0 Å². The van der Waals surface area contributed by atoms with Gasteiger partial charge in [0.2, 0.25) is 0 Å². The lowest BCUT2D eigenvalue weighted by Crippen LogP contribution is -2.42. The number of hydrogen-bond donors (Lipinski definition) is 1. The van der Waals surface area contributed by atoms with E-state index < -0.39 is 17.7 Å². The number of aryl methyl sites for hydroxylation is 1. The second-order valence-electron chi connectivity index (χ2n) is 8.74. The number of carbonyl (C=O) groups is 2. The number of hydrogen-bond acceptors (Lipinski definition) is 8. The molecule has 36 heavy (non-hydrogen) atoms. The Hall–Kier alpha value is -3.56. The van der Waals surface area contributed by atoms with Crippen LogP contribution in [0, 0.1) is 6.92 Å². The lowest BCUT2D eigenvalue weighted by Gasteiger charge is -2.31. The van der Waals surface area contributed by atoms with E-state index in [9.17, 15) is 14.7 Å². The summed E-state index contributed by atoms with van der Waals surface area (Å²) in [6.07, 6.45) is 0. The number of likely N-dealkylation sites (tertiary alicyclic amines) is 1. The van der Waals surface area contributed by atoms with Crippen LogP contribution < -0.4 is 14.2 Å². The number of rotatable bonds is 8. The van der Waals surface area contributed by atoms with E-state index in [1.807, 2.05) is 6.92 Å². The number of Topliss-reactive ketones (excluding diaryl/α,β-unsaturated/α-hetero) is 1. The first-order chi connectivity index (χ1) is 17.4. The number of carbonyl (C=O) groups excluding carboxylic acids is 2. The molecule has 2 aliphatic heterocycles. The standard InChI is InChI=1S/C27H32N2O7/c1-17-15-19(33-2)6-7-20(17)25(30)23-24(18-5-8-21(34-3)22(16-18)35-4)29(27(32)26(23)31)10-9-28-11-13-36-14-12-28/h5-8,15-16,24,30H,9-14H2,1-4H3/b25-23-. The van der Waals surface area contributed by atoms with Crippen molar-refractivity contribution in [3.63, 3.8) is 0 Å². The minimum Gasteiger partial charge on any atom is -0.507 e. The van der Waals surface area contributed by atoms with Crippen molar-refractivity contribution in [1.82, 2.24) is 9.80 Å². The van der Waals surface area contributed by atoms with Crippen LogP contribution in [0.2, 0.25) is 0 Å². The number of morpholine rings is 1. The second-order valence-corrected chi connectivity index (χ2v) is 8.74. The Morgan fingerprint density at radius 3 is 2.33 bits per heavy atom. The first-order valence-electron chi connectivity index (χ1n) is 11.8. The molecule has 1 unspecified atom stereocenters. The molecule has 0 saturated carbocycles. The van der Waals surface area contributed by atoms with Crippen LogP contribution in [0.1, 0.15) is 22.7 Å². The van der Waals surface area contributed by atoms with Gasteiger partial charge < -0.3 is 29.0 Å². The summed E-state index contributed by atoms with van der Waals surface area (Å²) >= 11 is 0. The van der Waals surface area contributed by atoms with Gasteiger partial charge in [0.25, 0.3) is 11.7 Å². The minimum absolute atomic E-state index is 0.0439. The average molecular weight is 497 g/mol. The van der Waals surface area contributed by atoms with E-state index in [0.29, 0.717) is 54.7 Å². The van der Waals surface area contributed by atoms with Gasteiger partial charge in [0.05, 0.1) is 46.2 Å². The Morgan fingerprint density at radius 1 is 0.972 bits per heavy atom. The molecule has 1 N–H and O–H groups in total. The number of aliphatic hydroxyl groups excluding tert-OH is 1. The number of aliphatic hydroxyl groups is 1. The number of benzene rings is 2. The van der Waals surface area contributed by atoms with Crippen molar-refractivity contribution in [2.45, 2.75) is 13.0 Å². The van der Waals surface area contributed by atoms with E-state index in [1.165, 1.54) is 12.0 Å². The van der Waals surface area contributed by atoms with Crippen molar-refractivity contribution in [3.05, 3.63) is 58.7 Å². The minimum atomic E-state index is -0.785. The van der Waals surface area contributed by atoms with Crippen molar-refractivity contribution in [1.29, 1.82) is 0 Å². The van der Waals surface area contributed by atoms with E-state index >= 15 is 0 Å². The number of methoxy groups -OCH3 is 3. The predicted octanol–water partition coefficient (Wildman–Crippen LogP) is 2.77. The van der Waals surface area contributed by atoms with Gasteiger partial charge in [-0.25, -0.2) is 0 Å². The third-order valence-corrected chi connectivity index (χ3v) is 6.71. The zero-order chi connectivity index (χ0) is 25.8. The maximum Gasteiger partial charge on any atom is 0.295 e. The smallest absolute Gasteiger partial charge is 0.295 e. The highest BCUT2D eigenvalue weighted by molar-refractivity contribution is 6.46. The van der Waals surface area contributed by atoms with Gasteiger partial charge in [-0.05, 0) is 48.4 Å². The number of ketones is 1. The van der Waals surface area contributed by atoms with Gasteiger partial charge in [-0.15, -0.1) is 0 Å². The molecule has 0 bridgehead atoms. The third-order valence-electron chi connectivity index (χ3n) is 6.71. The summed E-state index contributed by atoms with van der Waals surface area (Å²) in [6.45, 7) is 5.51. The molecule has 2 fully saturated rings. The van der Waals surface area contributed by atoms with Crippen molar-refractivity contribution in [3.8, 4) is 17.2 Å². The molecule has 2 aromatic rings. The normalized spacial score (nSPS) is 20.0. The molecular formula is C27H32N2O7. The molecule has 0 radical (unpaired) electrons. The predicted molar refractivity (Wildman–Crippen MR) is 134 cm³/mol. The van der Waals surface area contributed by atoms with Gasteiger partial charge in [-0.1, -0.05) is 6.07 Å². The number of nitrogens with zero attached hydrogens (tertiary/aromatic N) is 2. The van der Waals surface area contributed by atoms with Crippen LogP contribution in [-0.2, 0) is 14.3 Å². The Kier molecular flexibility index (Phi) is 7.81. The number of ether oxygens (including phenoxy) is 4. The maximum atomic E-state index is 13.4. The van der Waals surface area contributed by atoms with E-state index in [4.69, 9.17) is 18.9 Å². The molecular weight excluding hydrogens is 464 g/mol. The zero-order valence-electron chi connectivity index (χ0n) is 21.1. The van der Waals surface area contributed by atoms with Gasteiger partial charge in [-0.2, -0.15) is 0 Å². The van der Waals surface area contributed by atoms with E-state index in [0.717, 1.165) is 18.7 Å².